The maximum Gasteiger partial charge on any atom is 0.0297 e. The zero-order chi connectivity index (χ0) is 8.27. The topological polar surface area (TPSA) is 12.0 Å². The average Bonchev–Trinajstić information content (AvgIpc) is 2.31. The first-order valence-corrected chi connectivity index (χ1v) is 4.32. The van der Waals surface area contributed by atoms with E-state index < -0.39 is 0 Å². The molecular formula is C10H17N. The van der Waals surface area contributed by atoms with Crippen LogP contribution in [0.15, 0.2) is 23.9 Å². The molecule has 1 heteroatoms. The van der Waals surface area contributed by atoms with Crippen LogP contribution in [-0.4, -0.2) is 6.54 Å². The molecule has 0 spiro atoms. The van der Waals surface area contributed by atoms with Crippen LogP contribution in [-0.2, 0) is 0 Å². The van der Waals surface area contributed by atoms with Gasteiger partial charge >= 0.3 is 0 Å². The Kier molecular flexibility index (Phi) is 2.75. The molecule has 0 aliphatic carbocycles. The monoisotopic (exact) mass is 151 g/mol. The van der Waals surface area contributed by atoms with E-state index in [-0.39, 0.29) is 0 Å². The van der Waals surface area contributed by atoms with Crippen LogP contribution >= 0.6 is 0 Å². The van der Waals surface area contributed by atoms with E-state index in [0.29, 0.717) is 0 Å². The van der Waals surface area contributed by atoms with Crippen LogP contribution in [0, 0.1) is 5.92 Å². The fourth-order valence-corrected chi connectivity index (χ4v) is 1.22. The van der Waals surface area contributed by atoms with Crippen molar-refractivity contribution in [1.29, 1.82) is 0 Å². The Morgan fingerprint density at radius 2 is 2.36 bits per heavy atom. The minimum Gasteiger partial charge on any atom is -0.385 e. The van der Waals surface area contributed by atoms with Gasteiger partial charge in [-0.15, -0.1) is 0 Å². The van der Waals surface area contributed by atoms with Gasteiger partial charge in [-0.1, -0.05) is 26.5 Å². The van der Waals surface area contributed by atoms with Crippen molar-refractivity contribution < 1.29 is 0 Å². The fraction of sp³-hybridized carbons (Fsp3) is 0.600. The van der Waals surface area contributed by atoms with Gasteiger partial charge in [-0.3, -0.25) is 0 Å². The molecule has 0 unspecified atom stereocenters. The highest BCUT2D eigenvalue weighted by atomic mass is 14.9. The summed E-state index contributed by atoms with van der Waals surface area (Å²) in [4.78, 5) is 0. The van der Waals surface area contributed by atoms with E-state index in [0.717, 1.165) is 24.6 Å². The summed E-state index contributed by atoms with van der Waals surface area (Å²) in [5.41, 5.74) is 2.55. The molecule has 1 fully saturated rings. The maximum atomic E-state index is 3.93. The van der Waals surface area contributed by atoms with E-state index in [1.807, 2.05) is 0 Å². The summed E-state index contributed by atoms with van der Waals surface area (Å²) in [5.74, 6) is 0.760. The van der Waals surface area contributed by atoms with Crippen molar-refractivity contribution in [3.63, 3.8) is 0 Å². The van der Waals surface area contributed by atoms with Crippen molar-refractivity contribution in [2.45, 2.75) is 26.7 Å². The van der Waals surface area contributed by atoms with Crippen molar-refractivity contribution in [3.8, 4) is 0 Å². The standard InChI is InChI=1S/C10H17N/c1-8(2)4-5-10-6-7-11-9(10)3/h5,8,11H,3-4,6-7H2,1-2H3/b10-5-. The molecule has 1 rings (SSSR count). The normalized spacial score (nSPS) is 21.4. The molecule has 0 atom stereocenters. The van der Waals surface area contributed by atoms with E-state index in [1.54, 1.807) is 0 Å². The fourth-order valence-electron chi connectivity index (χ4n) is 1.22. The van der Waals surface area contributed by atoms with E-state index in [1.165, 1.54) is 12.0 Å². The Bertz CT molecular complexity index is 177. The quantitative estimate of drug-likeness (QED) is 0.639. The van der Waals surface area contributed by atoms with Gasteiger partial charge in [0.2, 0.25) is 0 Å². The van der Waals surface area contributed by atoms with E-state index >= 15 is 0 Å². The van der Waals surface area contributed by atoms with E-state index in [9.17, 15) is 0 Å². The Labute approximate surface area is 69.2 Å². The second-order valence-electron chi connectivity index (χ2n) is 3.51. The smallest absolute Gasteiger partial charge is 0.0297 e. The molecule has 1 saturated heterocycles. The molecule has 0 aromatic carbocycles. The van der Waals surface area contributed by atoms with Crippen LogP contribution in [0.5, 0.6) is 0 Å². The molecule has 0 aromatic rings. The summed E-state index contributed by atoms with van der Waals surface area (Å²) < 4.78 is 0. The number of hydrogen-bond acceptors (Lipinski definition) is 1. The first-order chi connectivity index (χ1) is 5.20. The molecule has 0 radical (unpaired) electrons. The molecule has 0 amide bonds. The summed E-state index contributed by atoms with van der Waals surface area (Å²) in [6.07, 6.45) is 4.65. The predicted octanol–water partition coefficient (Wildman–Crippen LogP) is 2.47. The van der Waals surface area contributed by atoms with Crippen LogP contribution in [0.2, 0.25) is 0 Å². The van der Waals surface area contributed by atoms with Crippen molar-refractivity contribution in [1.82, 2.24) is 5.32 Å². The molecule has 11 heavy (non-hydrogen) atoms. The Balaban J connectivity index is 2.45. The average molecular weight is 151 g/mol. The van der Waals surface area contributed by atoms with Crippen molar-refractivity contribution in [2.75, 3.05) is 6.54 Å². The van der Waals surface area contributed by atoms with Gasteiger partial charge in [-0.05, 0) is 24.3 Å². The van der Waals surface area contributed by atoms with E-state index in [2.05, 4.69) is 31.8 Å². The second-order valence-corrected chi connectivity index (χ2v) is 3.51. The highest BCUT2D eigenvalue weighted by Crippen LogP contribution is 2.17. The molecule has 62 valence electrons. The predicted molar refractivity (Wildman–Crippen MR) is 49.3 cm³/mol. The van der Waals surface area contributed by atoms with Crippen LogP contribution in [0.25, 0.3) is 0 Å². The lowest BCUT2D eigenvalue weighted by atomic mass is 10.1. The summed E-state index contributed by atoms with van der Waals surface area (Å²) in [7, 11) is 0. The van der Waals surface area contributed by atoms with Crippen molar-refractivity contribution in [2.24, 2.45) is 5.92 Å². The van der Waals surface area contributed by atoms with Crippen LogP contribution in [0.1, 0.15) is 26.7 Å². The molecule has 1 N–H and O–H groups in total. The van der Waals surface area contributed by atoms with Gasteiger partial charge in [-0.25, -0.2) is 0 Å². The minimum atomic E-state index is 0.760. The molecule has 1 heterocycles. The van der Waals surface area contributed by atoms with Crippen molar-refractivity contribution >= 4 is 0 Å². The van der Waals surface area contributed by atoms with Crippen LogP contribution in [0.4, 0.5) is 0 Å². The molecule has 0 bridgehead atoms. The van der Waals surface area contributed by atoms with Crippen molar-refractivity contribution in [3.05, 3.63) is 23.9 Å². The lowest BCUT2D eigenvalue weighted by Crippen LogP contribution is -2.01. The molecule has 0 saturated carbocycles. The first-order valence-electron chi connectivity index (χ1n) is 4.32. The van der Waals surface area contributed by atoms with Gasteiger partial charge in [0.15, 0.2) is 0 Å². The van der Waals surface area contributed by atoms with Gasteiger partial charge in [-0.2, -0.15) is 0 Å². The lowest BCUT2D eigenvalue weighted by Gasteiger charge is -2.00. The molecule has 0 aromatic heterocycles. The van der Waals surface area contributed by atoms with Gasteiger partial charge in [0.25, 0.3) is 0 Å². The molecule has 1 aliphatic heterocycles. The van der Waals surface area contributed by atoms with E-state index in [4.69, 9.17) is 0 Å². The zero-order valence-electron chi connectivity index (χ0n) is 7.48. The number of hydrogen-bond donors (Lipinski definition) is 1. The summed E-state index contributed by atoms with van der Waals surface area (Å²) in [6.45, 7) is 9.48. The van der Waals surface area contributed by atoms with Gasteiger partial charge < -0.3 is 5.32 Å². The first kappa shape index (κ1) is 8.38. The third-order valence-corrected chi connectivity index (χ3v) is 1.96. The van der Waals surface area contributed by atoms with Gasteiger partial charge in [0.1, 0.15) is 0 Å². The number of allylic oxidation sites excluding steroid dienone is 2. The maximum absolute atomic E-state index is 3.93. The Morgan fingerprint density at radius 3 is 2.82 bits per heavy atom. The third-order valence-electron chi connectivity index (χ3n) is 1.96. The third kappa shape index (κ3) is 2.41. The highest BCUT2D eigenvalue weighted by Gasteiger charge is 2.08. The molecule has 1 aliphatic rings. The summed E-state index contributed by atoms with van der Waals surface area (Å²) >= 11 is 0. The van der Waals surface area contributed by atoms with Gasteiger partial charge in [0, 0.05) is 12.2 Å². The molecular weight excluding hydrogens is 134 g/mol. The number of nitrogens with one attached hydrogen (secondary N) is 1. The largest absolute Gasteiger partial charge is 0.385 e. The Morgan fingerprint density at radius 1 is 1.64 bits per heavy atom. The lowest BCUT2D eigenvalue weighted by molar-refractivity contribution is 0.661. The SMILES string of the molecule is C=C1NCC/C1=C/CC(C)C. The Hall–Kier alpha value is -0.720. The van der Waals surface area contributed by atoms with Crippen LogP contribution in [0.3, 0.4) is 0 Å². The van der Waals surface area contributed by atoms with Crippen LogP contribution < -0.4 is 5.32 Å². The number of rotatable bonds is 2. The second kappa shape index (κ2) is 3.61. The highest BCUT2D eigenvalue weighted by molar-refractivity contribution is 5.30. The summed E-state index contributed by atoms with van der Waals surface area (Å²) in [6, 6.07) is 0. The zero-order valence-corrected chi connectivity index (χ0v) is 7.48. The minimum absolute atomic E-state index is 0.760. The van der Waals surface area contributed by atoms with Gasteiger partial charge in [0.05, 0.1) is 0 Å². The summed E-state index contributed by atoms with van der Waals surface area (Å²) in [5, 5.41) is 3.23. The molecule has 1 nitrogen and oxygen atoms in total.